The van der Waals surface area contributed by atoms with Crippen molar-refractivity contribution >= 4 is 23.2 Å². The molecule has 0 aliphatic rings. The largest absolute Gasteiger partial charge is 0.508 e. The van der Waals surface area contributed by atoms with Crippen molar-refractivity contribution in [1.29, 1.82) is 0 Å². The summed E-state index contributed by atoms with van der Waals surface area (Å²) >= 11 is 6.29. The fraction of sp³-hybridized carbons (Fsp3) is 0.0435. The number of ether oxygens (including phenoxy) is 1. The van der Waals surface area contributed by atoms with E-state index in [1.807, 2.05) is 30.3 Å². The number of hydrogen-bond donors (Lipinski definition) is 2. The predicted molar refractivity (Wildman–Crippen MR) is 114 cm³/mol. The highest BCUT2D eigenvalue weighted by molar-refractivity contribution is 6.32. The number of phenols is 1. The number of rotatable bonds is 6. The van der Waals surface area contributed by atoms with Gasteiger partial charge in [0.2, 0.25) is 0 Å². The van der Waals surface area contributed by atoms with Gasteiger partial charge in [0.15, 0.2) is 11.5 Å². The first-order chi connectivity index (χ1) is 14.6. The van der Waals surface area contributed by atoms with Crippen LogP contribution in [0.3, 0.4) is 0 Å². The summed E-state index contributed by atoms with van der Waals surface area (Å²) in [4.78, 5) is 12.5. The highest BCUT2D eigenvalue weighted by Crippen LogP contribution is 2.29. The number of phenolic OH excluding ortho intramolecular Hbond substituents is 1. The van der Waals surface area contributed by atoms with Crippen LogP contribution in [0, 0.1) is 0 Å². The van der Waals surface area contributed by atoms with Crippen LogP contribution < -0.4 is 10.1 Å². The number of anilines is 1. The second kappa shape index (κ2) is 8.71. The number of nitrogens with zero attached hydrogens (tertiary/aromatic N) is 1. The van der Waals surface area contributed by atoms with E-state index in [1.165, 1.54) is 12.1 Å². The minimum absolute atomic E-state index is 0.0964. The second-order valence-electron chi connectivity index (χ2n) is 6.50. The highest BCUT2D eigenvalue weighted by atomic mass is 35.5. The molecule has 1 aromatic heterocycles. The minimum Gasteiger partial charge on any atom is -0.508 e. The Hall–Kier alpha value is -3.77. The normalized spacial score (nSPS) is 10.6. The first kappa shape index (κ1) is 19.5. The molecule has 0 aliphatic heterocycles. The van der Waals surface area contributed by atoms with E-state index in [0.29, 0.717) is 34.4 Å². The lowest BCUT2D eigenvalue weighted by Crippen LogP contribution is -2.12. The van der Waals surface area contributed by atoms with Crippen LogP contribution in [-0.4, -0.2) is 16.2 Å². The fourth-order valence-corrected chi connectivity index (χ4v) is 3.04. The SMILES string of the molecule is O=C(Nc1ccc(OCc2ccccc2)c(Cl)c1)c1cc(-c2cccc(O)c2)on1. The van der Waals surface area contributed by atoms with E-state index >= 15 is 0 Å². The van der Waals surface area contributed by atoms with Crippen LogP contribution in [-0.2, 0) is 6.61 Å². The molecular formula is C23H17ClN2O4. The fourth-order valence-electron chi connectivity index (χ4n) is 2.80. The maximum atomic E-state index is 12.5. The maximum absolute atomic E-state index is 12.5. The summed E-state index contributed by atoms with van der Waals surface area (Å²) in [5.74, 6) is 0.545. The molecule has 0 saturated carbocycles. The monoisotopic (exact) mass is 420 g/mol. The van der Waals surface area contributed by atoms with E-state index in [9.17, 15) is 9.90 Å². The molecule has 7 heteroatoms. The van der Waals surface area contributed by atoms with Gasteiger partial charge in [0.25, 0.3) is 5.91 Å². The Morgan fingerprint density at radius 3 is 2.63 bits per heavy atom. The topological polar surface area (TPSA) is 84.6 Å². The molecule has 2 N–H and O–H groups in total. The summed E-state index contributed by atoms with van der Waals surface area (Å²) < 4.78 is 11.0. The minimum atomic E-state index is -0.445. The molecule has 0 aliphatic carbocycles. The Kier molecular flexibility index (Phi) is 5.68. The summed E-state index contributed by atoms with van der Waals surface area (Å²) in [7, 11) is 0. The van der Waals surface area contributed by atoms with Crippen molar-refractivity contribution in [2.45, 2.75) is 6.61 Å². The Morgan fingerprint density at radius 2 is 1.87 bits per heavy atom. The molecule has 150 valence electrons. The van der Waals surface area contributed by atoms with Gasteiger partial charge < -0.3 is 19.7 Å². The number of benzene rings is 3. The Labute approximate surface area is 177 Å². The van der Waals surface area contributed by atoms with E-state index in [-0.39, 0.29) is 11.4 Å². The number of aromatic hydroxyl groups is 1. The molecule has 0 atom stereocenters. The third-order valence-electron chi connectivity index (χ3n) is 4.30. The van der Waals surface area contributed by atoms with E-state index in [1.54, 1.807) is 36.4 Å². The van der Waals surface area contributed by atoms with Gasteiger partial charge in [-0.3, -0.25) is 4.79 Å². The highest BCUT2D eigenvalue weighted by Gasteiger charge is 2.15. The molecular weight excluding hydrogens is 404 g/mol. The lowest BCUT2D eigenvalue weighted by molar-refractivity contribution is 0.101. The molecule has 1 heterocycles. The molecule has 0 spiro atoms. The van der Waals surface area contributed by atoms with Gasteiger partial charge in [-0.25, -0.2) is 0 Å². The molecule has 0 bridgehead atoms. The summed E-state index contributed by atoms with van der Waals surface area (Å²) in [6.45, 7) is 0.392. The van der Waals surface area contributed by atoms with Crippen LogP contribution in [0.15, 0.2) is 83.4 Å². The number of carbonyl (C=O) groups excluding carboxylic acids is 1. The third kappa shape index (κ3) is 4.61. The number of halogens is 1. The van der Waals surface area contributed by atoms with Gasteiger partial charge in [-0.15, -0.1) is 0 Å². The lowest BCUT2D eigenvalue weighted by atomic mass is 10.1. The molecule has 3 aromatic carbocycles. The summed E-state index contributed by atoms with van der Waals surface area (Å²) in [6, 6.07) is 22.7. The van der Waals surface area contributed by atoms with Crippen LogP contribution >= 0.6 is 11.6 Å². The van der Waals surface area contributed by atoms with Crippen LogP contribution in [0.4, 0.5) is 5.69 Å². The molecule has 1 amide bonds. The van der Waals surface area contributed by atoms with Crippen molar-refractivity contribution in [1.82, 2.24) is 5.16 Å². The molecule has 0 saturated heterocycles. The van der Waals surface area contributed by atoms with Crippen molar-refractivity contribution in [3.8, 4) is 22.8 Å². The zero-order chi connectivity index (χ0) is 20.9. The van der Waals surface area contributed by atoms with Crippen LogP contribution in [0.25, 0.3) is 11.3 Å². The average molecular weight is 421 g/mol. The van der Waals surface area contributed by atoms with Crippen LogP contribution in [0.5, 0.6) is 11.5 Å². The first-order valence-corrected chi connectivity index (χ1v) is 9.50. The van der Waals surface area contributed by atoms with Gasteiger partial charge in [-0.2, -0.15) is 0 Å². The lowest BCUT2D eigenvalue weighted by Gasteiger charge is -2.10. The average Bonchev–Trinajstić information content (AvgIpc) is 3.24. The number of aromatic nitrogens is 1. The zero-order valence-electron chi connectivity index (χ0n) is 15.7. The number of amides is 1. The third-order valence-corrected chi connectivity index (χ3v) is 4.60. The van der Waals surface area contributed by atoms with Gasteiger partial charge in [0.05, 0.1) is 5.02 Å². The van der Waals surface area contributed by atoms with Gasteiger partial charge >= 0.3 is 0 Å². The number of hydrogen-bond acceptors (Lipinski definition) is 5. The summed E-state index contributed by atoms with van der Waals surface area (Å²) in [6.07, 6.45) is 0. The van der Waals surface area contributed by atoms with Crippen molar-refractivity contribution in [3.05, 3.63) is 95.1 Å². The van der Waals surface area contributed by atoms with Crippen LogP contribution in [0.1, 0.15) is 16.1 Å². The van der Waals surface area contributed by atoms with Gasteiger partial charge in [0.1, 0.15) is 18.1 Å². The molecule has 0 fully saturated rings. The maximum Gasteiger partial charge on any atom is 0.277 e. The van der Waals surface area contributed by atoms with Crippen molar-refractivity contribution in [2.75, 3.05) is 5.32 Å². The Bertz CT molecular complexity index is 1170. The van der Waals surface area contributed by atoms with Crippen LogP contribution in [0.2, 0.25) is 5.02 Å². The Morgan fingerprint density at radius 1 is 1.03 bits per heavy atom. The zero-order valence-corrected chi connectivity index (χ0v) is 16.5. The predicted octanol–water partition coefficient (Wildman–Crippen LogP) is 5.53. The van der Waals surface area contributed by atoms with Crippen molar-refractivity contribution in [2.24, 2.45) is 0 Å². The molecule has 4 rings (SSSR count). The molecule has 0 radical (unpaired) electrons. The standard InChI is InChI=1S/C23H17ClN2O4/c24-19-12-17(9-10-21(19)29-14-15-5-2-1-3-6-15)25-23(28)20-13-22(30-26-20)16-7-4-8-18(27)11-16/h1-13,27H,14H2,(H,25,28). The summed E-state index contributed by atoms with van der Waals surface area (Å²) in [5, 5.41) is 16.5. The van der Waals surface area contributed by atoms with Crippen molar-refractivity contribution in [3.63, 3.8) is 0 Å². The van der Waals surface area contributed by atoms with E-state index < -0.39 is 5.91 Å². The summed E-state index contributed by atoms with van der Waals surface area (Å²) in [5.41, 5.74) is 2.25. The Balaban J connectivity index is 1.42. The van der Waals surface area contributed by atoms with E-state index in [4.69, 9.17) is 20.9 Å². The second-order valence-corrected chi connectivity index (χ2v) is 6.91. The molecule has 6 nitrogen and oxygen atoms in total. The smallest absolute Gasteiger partial charge is 0.277 e. The van der Waals surface area contributed by atoms with E-state index in [0.717, 1.165) is 5.56 Å². The first-order valence-electron chi connectivity index (χ1n) is 9.12. The quantitative estimate of drug-likeness (QED) is 0.428. The van der Waals surface area contributed by atoms with Gasteiger partial charge in [-0.05, 0) is 35.9 Å². The van der Waals surface area contributed by atoms with E-state index in [2.05, 4.69) is 10.5 Å². The van der Waals surface area contributed by atoms with Crippen molar-refractivity contribution < 1.29 is 19.2 Å². The van der Waals surface area contributed by atoms with Gasteiger partial charge in [0, 0.05) is 17.3 Å². The number of nitrogens with one attached hydrogen (secondary N) is 1. The molecule has 4 aromatic rings. The molecule has 0 unspecified atom stereocenters. The van der Waals surface area contributed by atoms with Gasteiger partial charge in [-0.1, -0.05) is 59.2 Å². The number of carbonyl (C=O) groups is 1. The molecule has 30 heavy (non-hydrogen) atoms.